The first-order valence-electron chi connectivity index (χ1n) is 8.98. The Kier molecular flexibility index (Phi) is 5.67. The van der Waals surface area contributed by atoms with E-state index in [0.717, 1.165) is 18.7 Å². The first-order valence-corrected chi connectivity index (χ1v) is 8.98. The summed E-state index contributed by atoms with van der Waals surface area (Å²) in [6, 6.07) is 9.78. The number of nitrogen functional groups attached to an aromatic ring is 1. The average Bonchev–Trinajstić information content (AvgIpc) is 3.03. The molecule has 1 saturated heterocycles. The van der Waals surface area contributed by atoms with Crippen molar-refractivity contribution in [1.82, 2.24) is 9.47 Å². The highest BCUT2D eigenvalue weighted by atomic mass is 16.5. The van der Waals surface area contributed by atoms with Crippen molar-refractivity contribution >= 4 is 11.7 Å². The molecule has 27 heavy (non-hydrogen) atoms. The number of methoxy groups -OCH3 is 1. The van der Waals surface area contributed by atoms with E-state index in [-0.39, 0.29) is 16.9 Å². The van der Waals surface area contributed by atoms with Crippen molar-refractivity contribution in [3.8, 4) is 17.5 Å². The number of nitrogens with zero attached hydrogens (tertiary/aromatic N) is 3. The zero-order valence-electron chi connectivity index (χ0n) is 15.6. The van der Waals surface area contributed by atoms with Gasteiger partial charge in [0.2, 0.25) is 0 Å². The minimum atomic E-state index is -0.588. The molecule has 1 atom stereocenters. The lowest BCUT2D eigenvalue weighted by molar-refractivity contribution is 0.0593. The highest BCUT2D eigenvalue weighted by Crippen LogP contribution is 2.26. The van der Waals surface area contributed by atoms with Crippen LogP contribution in [0.15, 0.2) is 30.5 Å². The lowest BCUT2D eigenvalue weighted by Crippen LogP contribution is -2.40. The number of carbonyl (C=O) groups is 1. The minimum Gasteiger partial charge on any atom is -0.492 e. The van der Waals surface area contributed by atoms with E-state index in [4.69, 9.17) is 15.2 Å². The van der Waals surface area contributed by atoms with Crippen LogP contribution in [0, 0.1) is 11.3 Å². The molecule has 1 unspecified atom stereocenters. The summed E-state index contributed by atoms with van der Waals surface area (Å²) < 4.78 is 12.3. The van der Waals surface area contributed by atoms with Crippen LogP contribution in [0.4, 0.5) is 5.69 Å². The van der Waals surface area contributed by atoms with E-state index in [1.807, 2.05) is 30.3 Å². The first kappa shape index (κ1) is 18.8. The molecule has 0 radical (unpaired) electrons. The Balaban J connectivity index is 1.77. The summed E-state index contributed by atoms with van der Waals surface area (Å²) in [6.07, 6.45) is 5.17. The van der Waals surface area contributed by atoms with Gasteiger partial charge in [-0.2, -0.15) is 5.26 Å². The fourth-order valence-corrected chi connectivity index (χ4v) is 3.37. The molecule has 2 aromatic rings. The molecule has 1 aromatic carbocycles. The van der Waals surface area contributed by atoms with Crippen molar-refractivity contribution < 1.29 is 14.3 Å². The predicted molar refractivity (Wildman–Crippen MR) is 102 cm³/mol. The Morgan fingerprint density at radius 2 is 2.07 bits per heavy atom. The second-order valence-corrected chi connectivity index (χ2v) is 6.71. The van der Waals surface area contributed by atoms with Crippen molar-refractivity contribution in [2.45, 2.75) is 25.3 Å². The maximum atomic E-state index is 12.1. The van der Waals surface area contributed by atoms with Gasteiger partial charge in [0, 0.05) is 17.9 Å². The molecule has 7 nitrogen and oxygen atoms in total. The Hall–Kier alpha value is -2.98. The largest absolute Gasteiger partial charge is 0.492 e. The number of likely N-dealkylation sites (tertiary alicyclic amines) is 1. The maximum absolute atomic E-state index is 12.1. The molecule has 0 spiro atoms. The van der Waals surface area contributed by atoms with Crippen molar-refractivity contribution in [2.75, 3.05) is 33.0 Å². The number of hydrogen-bond acceptors (Lipinski definition) is 6. The first-order chi connectivity index (χ1) is 13.0. The molecule has 0 amide bonds. The summed E-state index contributed by atoms with van der Waals surface area (Å²) in [6.45, 7) is 1.76. The van der Waals surface area contributed by atoms with Gasteiger partial charge in [0.15, 0.2) is 5.69 Å². The van der Waals surface area contributed by atoms with Gasteiger partial charge in [-0.1, -0.05) is 6.42 Å². The van der Waals surface area contributed by atoms with E-state index in [0.29, 0.717) is 18.3 Å². The topological polar surface area (TPSA) is 93.5 Å². The van der Waals surface area contributed by atoms with E-state index < -0.39 is 5.97 Å². The molecule has 3 rings (SSSR count). The predicted octanol–water partition coefficient (Wildman–Crippen LogP) is 2.58. The fourth-order valence-electron chi connectivity index (χ4n) is 3.37. The van der Waals surface area contributed by atoms with Crippen LogP contribution in [-0.2, 0) is 4.74 Å². The fraction of sp³-hybridized carbons (Fsp3) is 0.400. The van der Waals surface area contributed by atoms with Gasteiger partial charge >= 0.3 is 5.97 Å². The standard InChI is InChI=1S/C20H24N4O3/c1-23-10-4-3-5-16(23)13-27-17-8-6-15(7-9-17)24-12-14(11-21)18(22)19(24)20(25)26-2/h6-9,12,16H,3-5,10,13,22H2,1-2H3. The number of rotatable bonds is 5. The lowest BCUT2D eigenvalue weighted by atomic mass is 10.0. The van der Waals surface area contributed by atoms with Crippen molar-refractivity contribution in [3.63, 3.8) is 0 Å². The van der Waals surface area contributed by atoms with Crippen LogP contribution in [0.2, 0.25) is 0 Å². The smallest absolute Gasteiger partial charge is 0.357 e. The third-order valence-corrected chi connectivity index (χ3v) is 5.02. The van der Waals surface area contributed by atoms with E-state index in [9.17, 15) is 10.1 Å². The number of anilines is 1. The van der Waals surface area contributed by atoms with Crippen LogP contribution in [0.1, 0.15) is 35.3 Å². The highest BCUT2D eigenvalue weighted by molar-refractivity contribution is 5.95. The molecule has 142 valence electrons. The van der Waals surface area contributed by atoms with Gasteiger partial charge in [0.25, 0.3) is 0 Å². The van der Waals surface area contributed by atoms with Crippen LogP contribution >= 0.6 is 0 Å². The number of carbonyl (C=O) groups excluding carboxylic acids is 1. The van der Waals surface area contributed by atoms with Crippen LogP contribution in [0.25, 0.3) is 5.69 Å². The minimum absolute atomic E-state index is 0.116. The molecule has 0 saturated carbocycles. The van der Waals surface area contributed by atoms with Crippen molar-refractivity contribution in [2.24, 2.45) is 0 Å². The second kappa shape index (κ2) is 8.14. The average molecular weight is 368 g/mol. The number of nitriles is 1. The molecular formula is C20H24N4O3. The van der Waals surface area contributed by atoms with Crippen molar-refractivity contribution in [1.29, 1.82) is 5.26 Å². The molecule has 0 aliphatic carbocycles. The second-order valence-electron chi connectivity index (χ2n) is 6.71. The molecule has 2 N–H and O–H groups in total. The Morgan fingerprint density at radius 3 is 2.70 bits per heavy atom. The molecule has 1 aliphatic rings. The number of piperidine rings is 1. The summed E-state index contributed by atoms with van der Waals surface area (Å²) >= 11 is 0. The molecule has 1 aromatic heterocycles. The van der Waals surface area contributed by atoms with Crippen LogP contribution in [0.3, 0.4) is 0 Å². The Bertz CT molecular complexity index is 851. The number of benzene rings is 1. The van der Waals surface area contributed by atoms with E-state index >= 15 is 0 Å². The molecular weight excluding hydrogens is 344 g/mol. The highest BCUT2D eigenvalue weighted by Gasteiger charge is 2.22. The molecule has 1 aliphatic heterocycles. The van der Waals surface area contributed by atoms with Gasteiger partial charge in [-0.05, 0) is 50.7 Å². The SMILES string of the molecule is COC(=O)c1c(N)c(C#N)cn1-c1ccc(OCC2CCCCN2C)cc1. The van der Waals surface area contributed by atoms with Gasteiger partial charge in [0.05, 0.1) is 18.4 Å². The Morgan fingerprint density at radius 1 is 1.33 bits per heavy atom. The van der Waals surface area contributed by atoms with Gasteiger partial charge < -0.3 is 24.7 Å². The number of ether oxygens (including phenoxy) is 2. The summed E-state index contributed by atoms with van der Waals surface area (Å²) in [5, 5.41) is 9.20. The number of hydrogen-bond donors (Lipinski definition) is 1. The molecule has 2 heterocycles. The van der Waals surface area contributed by atoms with Crippen molar-refractivity contribution in [3.05, 3.63) is 41.7 Å². The number of likely N-dealkylation sites (N-methyl/N-ethyl adjacent to an activating group) is 1. The maximum Gasteiger partial charge on any atom is 0.357 e. The van der Waals surface area contributed by atoms with Gasteiger partial charge in [0.1, 0.15) is 18.4 Å². The molecule has 7 heteroatoms. The zero-order chi connectivity index (χ0) is 19.4. The van der Waals surface area contributed by atoms with E-state index in [1.54, 1.807) is 4.57 Å². The van der Waals surface area contributed by atoms with E-state index in [2.05, 4.69) is 11.9 Å². The number of nitrogens with two attached hydrogens (primary N) is 1. The van der Waals surface area contributed by atoms with Gasteiger partial charge in [-0.3, -0.25) is 0 Å². The summed E-state index contributed by atoms with van der Waals surface area (Å²) in [4.78, 5) is 14.4. The number of aromatic nitrogens is 1. The van der Waals surface area contributed by atoms with Crippen LogP contribution in [0.5, 0.6) is 5.75 Å². The van der Waals surface area contributed by atoms with Gasteiger partial charge in [-0.25, -0.2) is 4.79 Å². The molecule has 0 bridgehead atoms. The summed E-state index contributed by atoms with van der Waals surface area (Å²) in [5.74, 6) is 0.174. The summed E-state index contributed by atoms with van der Waals surface area (Å²) in [5.41, 5.74) is 7.12. The normalized spacial score (nSPS) is 17.3. The number of esters is 1. The van der Waals surface area contributed by atoms with Gasteiger partial charge in [-0.15, -0.1) is 0 Å². The van der Waals surface area contributed by atoms with Crippen LogP contribution < -0.4 is 10.5 Å². The zero-order valence-corrected chi connectivity index (χ0v) is 15.6. The van der Waals surface area contributed by atoms with E-state index in [1.165, 1.54) is 26.1 Å². The Labute approximate surface area is 158 Å². The lowest BCUT2D eigenvalue weighted by Gasteiger charge is -2.32. The third kappa shape index (κ3) is 3.91. The quantitative estimate of drug-likeness (QED) is 0.815. The molecule has 1 fully saturated rings. The third-order valence-electron chi connectivity index (χ3n) is 5.02. The monoisotopic (exact) mass is 368 g/mol. The summed E-state index contributed by atoms with van der Waals surface area (Å²) in [7, 11) is 3.41. The van der Waals surface area contributed by atoms with Crippen LogP contribution in [-0.4, -0.2) is 48.8 Å².